The highest BCUT2D eigenvalue weighted by Gasteiger charge is 2.29. The zero-order valence-electron chi connectivity index (χ0n) is 13.8. The highest BCUT2D eigenvalue weighted by molar-refractivity contribution is 9.10. The number of rotatable bonds is 4. The van der Waals surface area contributed by atoms with Crippen LogP contribution in [0.5, 0.6) is 0 Å². The summed E-state index contributed by atoms with van der Waals surface area (Å²) >= 11 is 3.35. The fourth-order valence-electron chi connectivity index (χ4n) is 2.66. The molecular weight excluding hydrogens is 382 g/mol. The SMILES string of the molecule is CC1CC(c2ccccc2)=NN(CC(=O)Nc2ccc(Br)cc2)C1=O. The van der Waals surface area contributed by atoms with E-state index in [-0.39, 0.29) is 24.3 Å². The van der Waals surface area contributed by atoms with E-state index < -0.39 is 0 Å². The Morgan fingerprint density at radius 3 is 2.56 bits per heavy atom. The first kappa shape index (κ1) is 17.4. The van der Waals surface area contributed by atoms with Gasteiger partial charge in [0.05, 0.1) is 5.71 Å². The molecule has 0 fully saturated rings. The molecule has 6 heteroatoms. The predicted octanol–water partition coefficient (Wildman–Crippen LogP) is 3.66. The molecule has 0 bridgehead atoms. The first-order valence-corrected chi connectivity index (χ1v) is 8.82. The van der Waals surface area contributed by atoms with E-state index in [1.54, 1.807) is 12.1 Å². The summed E-state index contributed by atoms with van der Waals surface area (Å²) in [5.41, 5.74) is 2.47. The van der Waals surface area contributed by atoms with E-state index in [0.717, 1.165) is 15.7 Å². The Morgan fingerprint density at radius 1 is 1.20 bits per heavy atom. The molecule has 1 atom stereocenters. The summed E-state index contributed by atoms with van der Waals surface area (Å²) in [6.45, 7) is 1.76. The van der Waals surface area contributed by atoms with Crippen LogP contribution in [0.4, 0.5) is 5.69 Å². The largest absolute Gasteiger partial charge is 0.324 e. The van der Waals surface area contributed by atoms with Crippen molar-refractivity contribution < 1.29 is 9.59 Å². The van der Waals surface area contributed by atoms with E-state index in [1.807, 2.05) is 49.4 Å². The normalized spacial score (nSPS) is 17.2. The summed E-state index contributed by atoms with van der Waals surface area (Å²) in [6.07, 6.45) is 0.577. The number of carbonyl (C=O) groups is 2. The van der Waals surface area contributed by atoms with Crippen LogP contribution >= 0.6 is 15.9 Å². The molecule has 2 aromatic carbocycles. The summed E-state index contributed by atoms with van der Waals surface area (Å²) in [5, 5.41) is 8.46. The molecule has 128 valence electrons. The van der Waals surface area contributed by atoms with Crippen LogP contribution in [0, 0.1) is 5.92 Å². The number of hydrazone groups is 1. The van der Waals surface area contributed by atoms with Gasteiger partial charge < -0.3 is 5.32 Å². The predicted molar refractivity (Wildman–Crippen MR) is 101 cm³/mol. The van der Waals surface area contributed by atoms with Gasteiger partial charge in [0.2, 0.25) is 11.8 Å². The minimum Gasteiger partial charge on any atom is -0.324 e. The standard InChI is InChI=1S/C19H18BrN3O2/c1-13-11-17(14-5-3-2-4-6-14)22-23(19(13)25)12-18(24)21-16-9-7-15(20)8-10-16/h2-10,13H,11-12H2,1H3,(H,21,24). The van der Waals surface area contributed by atoms with Crippen molar-refractivity contribution >= 4 is 39.1 Å². The average molecular weight is 400 g/mol. The third kappa shape index (κ3) is 4.33. The van der Waals surface area contributed by atoms with Crippen molar-refractivity contribution in [2.24, 2.45) is 11.0 Å². The van der Waals surface area contributed by atoms with Crippen molar-refractivity contribution in [3.05, 3.63) is 64.6 Å². The van der Waals surface area contributed by atoms with Crippen molar-refractivity contribution in [1.29, 1.82) is 0 Å². The second-order valence-electron chi connectivity index (χ2n) is 5.97. The van der Waals surface area contributed by atoms with Crippen LogP contribution < -0.4 is 5.32 Å². The molecule has 2 amide bonds. The number of nitrogens with zero attached hydrogens (tertiary/aromatic N) is 2. The average Bonchev–Trinajstić information content (AvgIpc) is 2.61. The van der Waals surface area contributed by atoms with E-state index in [9.17, 15) is 9.59 Å². The number of halogens is 1. The Hall–Kier alpha value is -2.47. The van der Waals surface area contributed by atoms with Crippen LogP contribution in [0.25, 0.3) is 0 Å². The molecule has 0 radical (unpaired) electrons. The lowest BCUT2D eigenvalue weighted by molar-refractivity contribution is -0.138. The molecule has 0 aliphatic carbocycles. The van der Waals surface area contributed by atoms with Gasteiger partial charge in [0.15, 0.2) is 0 Å². The van der Waals surface area contributed by atoms with E-state index >= 15 is 0 Å². The molecule has 5 nitrogen and oxygen atoms in total. The summed E-state index contributed by atoms with van der Waals surface area (Å²) in [6, 6.07) is 17.0. The molecule has 3 rings (SSSR count). The number of benzene rings is 2. The number of hydrogen-bond acceptors (Lipinski definition) is 3. The minimum absolute atomic E-state index is 0.102. The van der Waals surface area contributed by atoms with Gasteiger partial charge in [-0.25, -0.2) is 5.01 Å². The highest BCUT2D eigenvalue weighted by atomic mass is 79.9. The first-order chi connectivity index (χ1) is 12.0. The fraction of sp³-hybridized carbons (Fsp3) is 0.211. The number of anilines is 1. The third-order valence-electron chi connectivity index (χ3n) is 3.95. The number of nitrogens with one attached hydrogen (secondary N) is 1. The van der Waals surface area contributed by atoms with E-state index in [1.165, 1.54) is 5.01 Å². The van der Waals surface area contributed by atoms with E-state index in [2.05, 4.69) is 26.3 Å². The Kier molecular flexibility index (Phi) is 5.28. The maximum absolute atomic E-state index is 12.4. The minimum atomic E-state index is -0.277. The zero-order valence-corrected chi connectivity index (χ0v) is 15.4. The molecule has 1 aliphatic rings. The molecule has 0 spiro atoms. The lowest BCUT2D eigenvalue weighted by Crippen LogP contribution is -2.41. The summed E-state index contributed by atoms with van der Waals surface area (Å²) < 4.78 is 0.933. The van der Waals surface area contributed by atoms with Crippen LogP contribution in [0.1, 0.15) is 18.9 Å². The fourth-order valence-corrected chi connectivity index (χ4v) is 2.92. The second-order valence-corrected chi connectivity index (χ2v) is 6.88. The molecule has 2 aromatic rings. The van der Waals surface area contributed by atoms with Crippen molar-refractivity contribution in [3.8, 4) is 0 Å². The lowest BCUT2D eigenvalue weighted by Gasteiger charge is -2.27. The van der Waals surface area contributed by atoms with Crippen molar-refractivity contribution in [2.45, 2.75) is 13.3 Å². The van der Waals surface area contributed by atoms with Crippen LogP contribution in [-0.2, 0) is 9.59 Å². The molecule has 0 saturated heterocycles. The molecule has 1 unspecified atom stereocenters. The Balaban J connectivity index is 1.74. The third-order valence-corrected chi connectivity index (χ3v) is 4.47. The molecular formula is C19H18BrN3O2. The van der Waals surface area contributed by atoms with Crippen LogP contribution in [-0.4, -0.2) is 29.1 Å². The summed E-state index contributed by atoms with van der Waals surface area (Å²) in [4.78, 5) is 24.6. The Labute approximate surface area is 154 Å². The van der Waals surface area contributed by atoms with Gasteiger partial charge in [-0.3, -0.25) is 9.59 Å². The van der Waals surface area contributed by atoms with Gasteiger partial charge in [0, 0.05) is 22.5 Å². The van der Waals surface area contributed by atoms with E-state index in [0.29, 0.717) is 12.1 Å². The van der Waals surface area contributed by atoms with Gasteiger partial charge in [-0.15, -0.1) is 0 Å². The Morgan fingerprint density at radius 2 is 1.88 bits per heavy atom. The number of carbonyl (C=O) groups excluding carboxylic acids is 2. The highest BCUT2D eigenvalue weighted by Crippen LogP contribution is 2.20. The van der Waals surface area contributed by atoms with Gasteiger partial charge in [-0.05, 0) is 29.8 Å². The topological polar surface area (TPSA) is 61.8 Å². The van der Waals surface area contributed by atoms with Gasteiger partial charge in [-0.1, -0.05) is 53.2 Å². The number of hydrogen-bond donors (Lipinski definition) is 1. The monoisotopic (exact) mass is 399 g/mol. The van der Waals surface area contributed by atoms with Gasteiger partial charge in [0.25, 0.3) is 0 Å². The summed E-state index contributed by atoms with van der Waals surface area (Å²) in [5.74, 6) is -0.611. The molecule has 1 N–H and O–H groups in total. The van der Waals surface area contributed by atoms with Crippen LogP contribution in [0.3, 0.4) is 0 Å². The zero-order chi connectivity index (χ0) is 17.8. The van der Waals surface area contributed by atoms with Gasteiger partial charge in [-0.2, -0.15) is 5.10 Å². The summed E-state index contributed by atoms with van der Waals surface area (Å²) in [7, 11) is 0. The molecule has 1 aliphatic heterocycles. The van der Waals surface area contributed by atoms with Crippen LogP contribution in [0.2, 0.25) is 0 Å². The van der Waals surface area contributed by atoms with Gasteiger partial charge in [0.1, 0.15) is 6.54 Å². The van der Waals surface area contributed by atoms with Crippen LogP contribution in [0.15, 0.2) is 64.2 Å². The smallest absolute Gasteiger partial charge is 0.246 e. The Bertz CT molecular complexity index is 803. The van der Waals surface area contributed by atoms with Gasteiger partial charge >= 0.3 is 0 Å². The second kappa shape index (κ2) is 7.61. The number of amides is 2. The molecule has 0 saturated carbocycles. The van der Waals surface area contributed by atoms with Crippen molar-refractivity contribution in [3.63, 3.8) is 0 Å². The quantitative estimate of drug-likeness (QED) is 0.852. The molecule has 0 aromatic heterocycles. The van der Waals surface area contributed by atoms with Crippen molar-refractivity contribution in [1.82, 2.24) is 5.01 Å². The molecule has 1 heterocycles. The van der Waals surface area contributed by atoms with E-state index in [4.69, 9.17) is 0 Å². The first-order valence-electron chi connectivity index (χ1n) is 8.02. The molecule has 25 heavy (non-hydrogen) atoms. The maximum Gasteiger partial charge on any atom is 0.246 e. The van der Waals surface area contributed by atoms with Crippen molar-refractivity contribution in [2.75, 3.05) is 11.9 Å². The lowest BCUT2D eigenvalue weighted by atomic mass is 9.96. The maximum atomic E-state index is 12.4.